The predicted molar refractivity (Wildman–Crippen MR) is 110 cm³/mol. The SMILES string of the molecule is Cc1cccc(CCC(=O)Nc2nc(C)c(Cc3ccc4c(c3)OCO4)s2)c1. The lowest BCUT2D eigenvalue weighted by Gasteiger charge is -2.03. The van der Waals surface area contributed by atoms with Gasteiger partial charge >= 0.3 is 0 Å². The molecule has 0 saturated carbocycles. The second-order valence-electron chi connectivity index (χ2n) is 6.93. The Labute approximate surface area is 168 Å². The zero-order valence-electron chi connectivity index (χ0n) is 16.0. The summed E-state index contributed by atoms with van der Waals surface area (Å²) in [6.45, 7) is 4.31. The normalized spacial score (nSPS) is 12.2. The van der Waals surface area contributed by atoms with Crippen molar-refractivity contribution in [2.45, 2.75) is 33.1 Å². The number of ether oxygens (including phenoxy) is 2. The lowest BCUT2D eigenvalue weighted by atomic mass is 10.1. The van der Waals surface area contributed by atoms with Gasteiger partial charge in [0.15, 0.2) is 16.6 Å². The van der Waals surface area contributed by atoms with Crippen LogP contribution in [0.25, 0.3) is 0 Å². The molecule has 1 N–H and O–H groups in total. The average Bonchev–Trinajstić information content (AvgIpc) is 3.26. The van der Waals surface area contributed by atoms with Crippen molar-refractivity contribution in [1.29, 1.82) is 0 Å². The van der Waals surface area contributed by atoms with Crippen molar-refractivity contribution in [3.8, 4) is 11.5 Å². The van der Waals surface area contributed by atoms with Gasteiger partial charge in [-0.1, -0.05) is 35.9 Å². The van der Waals surface area contributed by atoms with Crippen LogP contribution in [0.2, 0.25) is 0 Å². The number of hydrogen-bond donors (Lipinski definition) is 1. The lowest BCUT2D eigenvalue weighted by molar-refractivity contribution is -0.116. The molecule has 2 heterocycles. The Balaban J connectivity index is 1.36. The molecule has 0 atom stereocenters. The van der Waals surface area contributed by atoms with Crippen molar-refractivity contribution >= 4 is 22.4 Å². The fraction of sp³-hybridized carbons (Fsp3) is 0.273. The zero-order valence-corrected chi connectivity index (χ0v) is 16.8. The highest BCUT2D eigenvalue weighted by Crippen LogP contribution is 2.34. The van der Waals surface area contributed by atoms with Gasteiger partial charge in [-0.2, -0.15) is 0 Å². The molecule has 144 valence electrons. The van der Waals surface area contributed by atoms with Crippen molar-refractivity contribution in [3.05, 3.63) is 69.7 Å². The number of amides is 1. The molecular weight excluding hydrogens is 372 g/mol. The maximum atomic E-state index is 12.3. The van der Waals surface area contributed by atoms with Crippen LogP contribution in [0, 0.1) is 13.8 Å². The maximum Gasteiger partial charge on any atom is 0.231 e. The molecule has 28 heavy (non-hydrogen) atoms. The Morgan fingerprint density at radius 1 is 1.11 bits per heavy atom. The number of anilines is 1. The van der Waals surface area contributed by atoms with E-state index in [0.29, 0.717) is 11.6 Å². The number of carbonyl (C=O) groups excluding carboxylic acids is 1. The van der Waals surface area contributed by atoms with Crippen LogP contribution in [-0.4, -0.2) is 17.7 Å². The summed E-state index contributed by atoms with van der Waals surface area (Å²) in [5.74, 6) is 1.56. The number of hydrogen-bond acceptors (Lipinski definition) is 5. The van der Waals surface area contributed by atoms with E-state index in [0.717, 1.165) is 40.5 Å². The maximum absolute atomic E-state index is 12.3. The van der Waals surface area contributed by atoms with Crippen molar-refractivity contribution in [3.63, 3.8) is 0 Å². The largest absolute Gasteiger partial charge is 0.454 e. The number of aromatic nitrogens is 1. The van der Waals surface area contributed by atoms with E-state index >= 15 is 0 Å². The molecule has 0 unspecified atom stereocenters. The summed E-state index contributed by atoms with van der Waals surface area (Å²) >= 11 is 1.52. The average molecular weight is 394 g/mol. The molecule has 0 bridgehead atoms. The molecule has 1 aliphatic rings. The number of nitrogens with zero attached hydrogens (tertiary/aromatic N) is 1. The number of carbonyl (C=O) groups is 1. The molecule has 1 aliphatic heterocycles. The Hall–Kier alpha value is -2.86. The summed E-state index contributed by atoms with van der Waals surface area (Å²) < 4.78 is 10.8. The molecule has 1 amide bonds. The third kappa shape index (κ3) is 4.34. The van der Waals surface area contributed by atoms with E-state index in [9.17, 15) is 4.79 Å². The topological polar surface area (TPSA) is 60.5 Å². The standard InChI is InChI=1S/C22H22N2O3S/c1-14-4-3-5-16(10-14)7-9-21(25)24-22-23-15(2)20(28-22)12-17-6-8-18-19(11-17)27-13-26-18/h3-6,8,10-11H,7,9,12-13H2,1-2H3,(H,23,24,25). The monoisotopic (exact) mass is 394 g/mol. The first-order valence-corrected chi connectivity index (χ1v) is 10.1. The Bertz CT molecular complexity index is 1010. The number of fused-ring (bicyclic) bond motifs is 1. The van der Waals surface area contributed by atoms with Crippen LogP contribution in [0.5, 0.6) is 11.5 Å². The Morgan fingerprint density at radius 3 is 2.82 bits per heavy atom. The van der Waals surface area contributed by atoms with Gasteiger partial charge in [0.05, 0.1) is 5.69 Å². The third-order valence-corrected chi connectivity index (χ3v) is 5.74. The van der Waals surface area contributed by atoms with E-state index in [1.54, 1.807) is 0 Å². The van der Waals surface area contributed by atoms with Crippen molar-refractivity contribution in [2.75, 3.05) is 12.1 Å². The highest BCUT2D eigenvalue weighted by molar-refractivity contribution is 7.15. The summed E-state index contributed by atoms with van der Waals surface area (Å²) in [5, 5.41) is 3.59. The lowest BCUT2D eigenvalue weighted by Crippen LogP contribution is -2.12. The van der Waals surface area contributed by atoms with Crippen LogP contribution < -0.4 is 14.8 Å². The summed E-state index contributed by atoms with van der Waals surface area (Å²) in [7, 11) is 0. The van der Waals surface area contributed by atoms with Gasteiger partial charge in [-0.15, -0.1) is 11.3 Å². The van der Waals surface area contributed by atoms with E-state index in [4.69, 9.17) is 9.47 Å². The van der Waals surface area contributed by atoms with Gasteiger partial charge in [0, 0.05) is 17.7 Å². The van der Waals surface area contributed by atoms with Gasteiger partial charge in [-0.3, -0.25) is 4.79 Å². The number of rotatable bonds is 6. The minimum atomic E-state index is -0.00937. The molecule has 0 saturated heterocycles. The molecular formula is C22H22N2O3S. The number of aryl methyl sites for hydroxylation is 3. The number of thiazole rings is 1. The van der Waals surface area contributed by atoms with Gasteiger partial charge in [-0.05, 0) is 43.5 Å². The van der Waals surface area contributed by atoms with Gasteiger partial charge in [0.2, 0.25) is 12.7 Å². The number of benzene rings is 2. The molecule has 2 aromatic carbocycles. The van der Waals surface area contributed by atoms with Crippen LogP contribution in [0.3, 0.4) is 0 Å². The van der Waals surface area contributed by atoms with Crippen LogP contribution >= 0.6 is 11.3 Å². The molecule has 6 heteroatoms. The third-order valence-electron chi connectivity index (χ3n) is 4.66. The number of nitrogens with one attached hydrogen (secondary N) is 1. The summed E-state index contributed by atoms with van der Waals surface area (Å²) in [5.41, 5.74) is 4.46. The quantitative estimate of drug-likeness (QED) is 0.661. The summed E-state index contributed by atoms with van der Waals surface area (Å²) in [4.78, 5) is 18.0. The van der Waals surface area contributed by atoms with E-state index in [1.807, 2.05) is 31.2 Å². The van der Waals surface area contributed by atoms with Crippen molar-refractivity contribution in [2.24, 2.45) is 0 Å². The fourth-order valence-electron chi connectivity index (χ4n) is 3.19. The summed E-state index contributed by atoms with van der Waals surface area (Å²) in [6.07, 6.45) is 1.92. The molecule has 0 fully saturated rings. The van der Waals surface area contributed by atoms with Crippen molar-refractivity contribution in [1.82, 2.24) is 4.98 Å². The zero-order chi connectivity index (χ0) is 19.5. The first-order chi connectivity index (χ1) is 13.6. The molecule has 4 rings (SSSR count). The first kappa shape index (κ1) is 18.5. The first-order valence-electron chi connectivity index (χ1n) is 9.27. The van der Waals surface area contributed by atoms with Gasteiger partial charge in [0.1, 0.15) is 0 Å². The van der Waals surface area contributed by atoms with E-state index in [2.05, 4.69) is 35.4 Å². The molecule has 3 aromatic rings. The molecule has 0 spiro atoms. The van der Waals surface area contributed by atoms with Gasteiger partial charge in [0.25, 0.3) is 0 Å². The van der Waals surface area contributed by atoms with Crippen LogP contribution in [0.1, 0.15) is 33.7 Å². The second kappa shape index (κ2) is 8.02. The Morgan fingerprint density at radius 2 is 1.96 bits per heavy atom. The van der Waals surface area contributed by atoms with E-state index in [-0.39, 0.29) is 12.7 Å². The second-order valence-corrected chi connectivity index (χ2v) is 8.01. The molecule has 0 radical (unpaired) electrons. The predicted octanol–water partition coefficient (Wildman–Crippen LogP) is 4.65. The highest BCUT2D eigenvalue weighted by atomic mass is 32.1. The molecule has 5 nitrogen and oxygen atoms in total. The Kier molecular flexibility index (Phi) is 5.30. The van der Waals surface area contributed by atoms with E-state index in [1.165, 1.54) is 22.5 Å². The van der Waals surface area contributed by atoms with Crippen LogP contribution in [-0.2, 0) is 17.6 Å². The summed E-state index contributed by atoms with van der Waals surface area (Å²) in [6, 6.07) is 14.2. The van der Waals surface area contributed by atoms with Crippen LogP contribution in [0.15, 0.2) is 42.5 Å². The minimum absolute atomic E-state index is 0.00937. The fourth-order valence-corrected chi connectivity index (χ4v) is 4.20. The van der Waals surface area contributed by atoms with Crippen LogP contribution in [0.4, 0.5) is 5.13 Å². The minimum Gasteiger partial charge on any atom is -0.454 e. The van der Waals surface area contributed by atoms with Crippen molar-refractivity contribution < 1.29 is 14.3 Å². The molecule has 1 aromatic heterocycles. The highest BCUT2D eigenvalue weighted by Gasteiger charge is 2.15. The molecule has 0 aliphatic carbocycles. The van der Waals surface area contributed by atoms with Gasteiger partial charge in [-0.25, -0.2) is 4.98 Å². The van der Waals surface area contributed by atoms with E-state index < -0.39 is 0 Å². The smallest absolute Gasteiger partial charge is 0.231 e. The van der Waals surface area contributed by atoms with Gasteiger partial charge < -0.3 is 14.8 Å².